The molecule has 0 bridgehead atoms. The molecule has 0 saturated carbocycles. The highest BCUT2D eigenvalue weighted by Crippen LogP contribution is 2.22. The number of nitriles is 1. The number of aryl methyl sites for hydroxylation is 2. The number of hydrogen-bond donors (Lipinski definition) is 1. The lowest BCUT2D eigenvalue weighted by Crippen LogP contribution is -2.12. The van der Waals surface area contributed by atoms with Crippen LogP contribution in [0.15, 0.2) is 18.2 Å². The average molecular weight is 242 g/mol. The van der Waals surface area contributed by atoms with Crippen molar-refractivity contribution in [3.63, 3.8) is 0 Å². The summed E-state index contributed by atoms with van der Waals surface area (Å²) in [6.07, 6.45) is -0.734. The van der Waals surface area contributed by atoms with Crippen LogP contribution in [0.2, 0.25) is 0 Å². The quantitative estimate of drug-likeness (QED) is 0.823. The first-order valence-electron chi connectivity index (χ1n) is 5.72. The van der Waals surface area contributed by atoms with Crippen molar-refractivity contribution in [2.24, 2.45) is 0 Å². The van der Waals surface area contributed by atoms with Gasteiger partial charge in [-0.2, -0.15) is 5.26 Å². The average Bonchev–Trinajstić information content (AvgIpc) is 2.64. The number of fused-ring (bicyclic) bond motifs is 1. The van der Waals surface area contributed by atoms with Gasteiger partial charge in [-0.3, -0.25) is 0 Å². The maximum atomic E-state index is 11.8. The third-order valence-corrected chi connectivity index (χ3v) is 3.01. The van der Waals surface area contributed by atoms with Crippen LogP contribution in [0.5, 0.6) is 0 Å². The van der Waals surface area contributed by atoms with Crippen LogP contribution in [-0.4, -0.2) is 17.1 Å². The number of ether oxygens (including phenoxy) is 1. The molecule has 1 heterocycles. The van der Waals surface area contributed by atoms with Crippen LogP contribution in [0.1, 0.15) is 28.5 Å². The molecular formula is C14H14N2O2. The highest BCUT2D eigenvalue weighted by atomic mass is 16.5. The molecule has 92 valence electrons. The smallest absolute Gasteiger partial charge is 0.339 e. The van der Waals surface area contributed by atoms with E-state index in [-0.39, 0.29) is 0 Å². The van der Waals surface area contributed by atoms with Crippen LogP contribution in [0.3, 0.4) is 0 Å². The molecule has 0 saturated heterocycles. The van der Waals surface area contributed by atoms with Gasteiger partial charge in [-0.1, -0.05) is 0 Å². The Kier molecular flexibility index (Phi) is 3.07. The number of carbonyl (C=O) groups is 1. The van der Waals surface area contributed by atoms with Gasteiger partial charge in [-0.25, -0.2) is 4.79 Å². The van der Waals surface area contributed by atoms with Crippen LogP contribution in [0, 0.1) is 25.2 Å². The van der Waals surface area contributed by atoms with Gasteiger partial charge in [-0.05, 0) is 44.5 Å². The minimum Gasteiger partial charge on any atom is -0.444 e. The third kappa shape index (κ3) is 2.07. The fourth-order valence-electron chi connectivity index (χ4n) is 1.84. The van der Waals surface area contributed by atoms with Crippen molar-refractivity contribution in [1.82, 2.24) is 4.98 Å². The zero-order valence-electron chi connectivity index (χ0n) is 10.6. The molecule has 0 radical (unpaired) electrons. The SMILES string of the molecule is Cc1[nH]c2ccc(C(=O)O[C@H](C)C#N)cc2c1C. The summed E-state index contributed by atoms with van der Waals surface area (Å²) in [5.41, 5.74) is 3.66. The number of benzene rings is 1. The molecule has 0 amide bonds. The number of H-pyrrole nitrogens is 1. The van der Waals surface area contributed by atoms with Crippen molar-refractivity contribution in [1.29, 1.82) is 5.26 Å². The molecule has 0 spiro atoms. The minimum atomic E-state index is -0.734. The van der Waals surface area contributed by atoms with E-state index in [4.69, 9.17) is 10.00 Å². The van der Waals surface area contributed by atoms with Crippen molar-refractivity contribution in [3.8, 4) is 6.07 Å². The molecule has 1 aromatic carbocycles. The molecule has 0 aliphatic rings. The maximum absolute atomic E-state index is 11.8. The number of hydrogen-bond acceptors (Lipinski definition) is 3. The Bertz CT molecular complexity index is 650. The first-order valence-corrected chi connectivity index (χ1v) is 5.72. The fourth-order valence-corrected chi connectivity index (χ4v) is 1.84. The summed E-state index contributed by atoms with van der Waals surface area (Å²) < 4.78 is 4.97. The molecule has 1 atom stereocenters. The van der Waals surface area contributed by atoms with Crippen LogP contribution in [-0.2, 0) is 4.74 Å². The highest BCUT2D eigenvalue weighted by Gasteiger charge is 2.13. The lowest BCUT2D eigenvalue weighted by Gasteiger charge is -2.05. The molecule has 4 heteroatoms. The van der Waals surface area contributed by atoms with E-state index >= 15 is 0 Å². The number of aromatic nitrogens is 1. The summed E-state index contributed by atoms with van der Waals surface area (Å²) in [7, 11) is 0. The summed E-state index contributed by atoms with van der Waals surface area (Å²) in [5, 5.41) is 9.62. The van der Waals surface area contributed by atoms with Gasteiger partial charge >= 0.3 is 5.97 Å². The molecular weight excluding hydrogens is 228 g/mol. The lowest BCUT2D eigenvalue weighted by atomic mass is 10.1. The van der Waals surface area contributed by atoms with Crippen molar-refractivity contribution in [2.75, 3.05) is 0 Å². The van der Waals surface area contributed by atoms with E-state index < -0.39 is 12.1 Å². The summed E-state index contributed by atoms with van der Waals surface area (Å²) >= 11 is 0. The van der Waals surface area contributed by atoms with Gasteiger partial charge in [0.15, 0.2) is 6.10 Å². The molecule has 18 heavy (non-hydrogen) atoms. The second-order valence-corrected chi connectivity index (χ2v) is 4.31. The first kappa shape index (κ1) is 12.2. The molecule has 4 nitrogen and oxygen atoms in total. The van der Waals surface area contributed by atoms with E-state index in [1.807, 2.05) is 26.0 Å². The van der Waals surface area contributed by atoms with Crippen LogP contribution in [0.4, 0.5) is 0 Å². The second kappa shape index (κ2) is 4.53. The Balaban J connectivity index is 2.38. The number of aromatic amines is 1. The van der Waals surface area contributed by atoms with Crippen molar-refractivity contribution < 1.29 is 9.53 Å². The minimum absolute atomic E-state index is 0.465. The van der Waals surface area contributed by atoms with Crippen LogP contribution < -0.4 is 0 Å². The molecule has 0 aliphatic carbocycles. The highest BCUT2D eigenvalue weighted by molar-refractivity contribution is 5.96. The zero-order chi connectivity index (χ0) is 13.3. The van der Waals surface area contributed by atoms with Gasteiger partial charge < -0.3 is 9.72 Å². The number of rotatable bonds is 2. The van der Waals surface area contributed by atoms with Gasteiger partial charge in [0.25, 0.3) is 0 Å². The standard InChI is InChI=1S/C14H14N2O2/c1-8(7-15)18-14(17)11-4-5-13-12(6-11)9(2)10(3)16-13/h4-6,8,16H,1-3H3/t8-/m1/s1. The Hall–Kier alpha value is -2.28. The van der Waals surface area contributed by atoms with Crippen molar-refractivity contribution in [3.05, 3.63) is 35.0 Å². The molecule has 2 rings (SSSR count). The Morgan fingerprint density at radius 2 is 2.17 bits per heavy atom. The molecule has 1 N–H and O–H groups in total. The normalized spacial score (nSPS) is 12.1. The van der Waals surface area contributed by atoms with E-state index in [0.717, 1.165) is 22.2 Å². The van der Waals surface area contributed by atoms with Gasteiger partial charge in [-0.15, -0.1) is 0 Å². The zero-order valence-corrected chi connectivity index (χ0v) is 10.6. The number of carbonyl (C=O) groups excluding carboxylic acids is 1. The predicted octanol–water partition coefficient (Wildman–Crippen LogP) is 2.85. The fraction of sp³-hybridized carbons (Fsp3) is 0.286. The second-order valence-electron chi connectivity index (χ2n) is 4.31. The van der Waals surface area contributed by atoms with Crippen molar-refractivity contribution >= 4 is 16.9 Å². The summed E-state index contributed by atoms with van der Waals surface area (Å²) in [4.78, 5) is 15.0. The van der Waals surface area contributed by atoms with Gasteiger partial charge in [0, 0.05) is 16.6 Å². The van der Waals surface area contributed by atoms with Crippen molar-refractivity contribution in [2.45, 2.75) is 26.9 Å². The molecule has 0 unspecified atom stereocenters. The monoisotopic (exact) mass is 242 g/mol. The number of esters is 1. The van der Waals surface area contributed by atoms with E-state index in [9.17, 15) is 4.79 Å². The van der Waals surface area contributed by atoms with Crippen LogP contribution >= 0.6 is 0 Å². The molecule has 0 fully saturated rings. The van der Waals surface area contributed by atoms with E-state index in [2.05, 4.69) is 4.98 Å². The predicted molar refractivity (Wildman–Crippen MR) is 68.3 cm³/mol. The van der Waals surface area contributed by atoms with Gasteiger partial charge in [0.1, 0.15) is 6.07 Å². The first-order chi connectivity index (χ1) is 8.52. The van der Waals surface area contributed by atoms with Gasteiger partial charge in [0.05, 0.1) is 5.56 Å². The van der Waals surface area contributed by atoms with Crippen LogP contribution in [0.25, 0.3) is 10.9 Å². The largest absolute Gasteiger partial charge is 0.444 e. The van der Waals surface area contributed by atoms with Gasteiger partial charge in [0.2, 0.25) is 0 Å². The molecule has 2 aromatic rings. The number of nitrogens with one attached hydrogen (secondary N) is 1. The Morgan fingerprint density at radius 3 is 2.83 bits per heavy atom. The third-order valence-electron chi connectivity index (χ3n) is 3.01. The number of nitrogens with zero attached hydrogens (tertiary/aromatic N) is 1. The topological polar surface area (TPSA) is 65.9 Å². The van der Waals surface area contributed by atoms with E-state index in [1.165, 1.54) is 0 Å². The maximum Gasteiger partial charge on any atom is 0.339 e. The van der Waals surface area contributed by atoms with E-state index in [0.29, 0.717) is 5.56 Å². The summed E-state index contributed by atoms with van der Waals surface area (Å²) in [5.74, 6) is -0.468. The Labute approximate surface area is 105 Å². The molecule has 1 aromatic heterocycles. The molecule has 0 aliphatic heterocycles. The summed E-state index contributed by atoms with van der Waals surface area (Å²) in [6.45, 7) is 5.54. The lowest BCUT2D eigenvalue weighted by molar-refractivity contribution is 0.0435. The Morgan fingerprint density at radius 1 is 1.44 bits per heavy atom. The summed E-state index contributed by atoms with van der Waals surface area (Å²) in [6, 6.07) is 7.21. The van der Waals surface area contributed by atoms with E-state index in [1.54, 1.807) is 19.1 Å².